The molecule has 28 heavy (non-hydrogen) atoms. The van der Waals surface area contributed by atoms with Crippen LogP contribution in [0.25, 0.3) is 0 Å². The van der Waals surface area contributed by atoms with E-state index in [2.05, 4.69) is 26.2 Å². The number of carbonyl (C=O) groups is 1. The van der Waals surface area contributed by atoms with Crippen molar-refractivity contribution in [1.82, 2.24) is 10.3 Å². The highest BCUT2D eigenvalue weighted by Crippen LogP contribution is 2.36. The molecular weight excluding hydrogens is 449 g/mol. The third-order valence-electron chi connectivity index (χ3n) is 3.96. The first-order valence-corrected chi connectivity index (χ1v) is 10.4. The number of esters is 1. The standard InChI is InChI=1S/C19H19BrFN3O3S/c1-3-26-10-14-15(19(25)27-4-2)16(12-6-5-11(21)9-13(12)20)24-17(23-14)18-22-7-8-28-18/h5-9,16H,3-4,10H2,1-2H3,(H,23,24). The summed E-state index contributed by atoms with van der Waals surface area (Å²) in [6, 6.07) is 3.60. The second-order valence-corrected chi connectivity index (χ2v) is 7.51. The predicted octanol–water partition coefficient (Wildman–Crippen LogP) is 3.99. The monoisotopic (exact) mass is 467 g/mol. The molecule has 1 aromatic carbocycles. The van der Waals surface area contributed by atoms with Gasteiger partial charge in [0.25, 0.3) is 0 Å². The molecule has 0 bridgehead atoms. The summed E-state index contributed by atoms with van der Waals surface area (Å²) >= 11 is 4.81. The molecule has 0 saturated heterocycles. The van der Waals surface area contributed by atoms with Crippen LogP contribution in [0.5, 0.6) is 0 Å². The van der Waals surface area contributed by atoms with Crippen LogP contribution in [0.1, 0.15) is 30.5 Å². The number of hydrogen-bond donors (Lipinski definition) is 1. The maximum atomic E-state index is 13.6. The van der Waals surface area contributed by atoms with Crippen molar-refractivity contribution in [2.24, 2.45) is 4.99 Å². The van der Waals surface area contributed by atoms with E-state index in [-0.39, 0.29) is 19.0 Å². The van der Waals surface area contributed by atoms with E-state index in [0.29, 0.717) is 38.8 Å². The first-order chi connectivity index (χ1) is 13.5. The van der Waals surface area contributed by atoms with Crippen molar-refractivity contribution in [3.8, 4) is 0 Å². The van der Waals surface area contributed by atoms with E-state index in [1.165, 1.54) is 23.5 Å². The normalized spacial score (nSPS) is 16.6. The van der Waals surface area contributed by atoms with Crippen LogP contribution in [0.4, 0.5) is 4.39 Å². The summed E-state index contributed by atoms with van der Waals surface area (Å²) in [5.74, 6) is -0.350. The van der Waals surface area contributed by atoms with Gasteiger partial charge in [-0.2, -0.15) is 0 Å². The summed E-state index contributed by atoms with van der Waals surface area (Å²) < 4.78 is 25.0. The van der Waals surface area contributed by atoms with Gasteiger partial charge in [-0.05, 0) is 31.5 Å². The number of nitrogens with zero attached hydrogens (tertiary/aromatic N) is 2. The van der Waals surface area contributed by atoms with Gasteiger partial charge < -0.3 is 14.8 Å². The minimum Gasteiger partial charge on any atom is -0.463 e. The number of benzene rings is 1. The fraction of sp³-hybridized carbons (Fsp3) is 0.316. The molecule has 0 spiro atoms. The average Bonchev–Trinajstić information content (AvgIpc) is 3.20. The zero-order valence-electron chi connectivity index (χ0n) is 15.4. The largest absolute Gasteiger partial charge is 0.463 e. The minimum absolute atomic E-state index is 0.185. The zero-order valence-corrected chi connectivity index (χ0v) is 17.8. The van der Waals surface area contributed by atoms with Gasteiger partial charge in [-0.25, -0.2) is 14.2 Å². The van der Waals surface area contributed by atoms with Gasteiger partial charge >= 0.3 is 5.97 Å². The Labute approximate surface area is 174 Å². The second-order valence-electron chi connectivity index (χ2n) is 5.76. The molecule has 148 valence electrons. The third-order valence-corrected chi connectivity index (χ3v) is 5.43. The third kappa shape index (κ3) is 4.48. The SMILES string of the molecule is CCOCC1=C(C(=O)OCC)C(c2ccc(F)cc2Br)N=C(c2nccs2)N1. The van der Waals surface area contributed by atoms with Crippen molar-refractivity contribution >= 4 is 39.1 Å². The number of aromatic nitrogens is 1. The highest BCUT2D eigenvalue weighted by molar-refractivity contribution is 9.10. The zero-order chi connectivity index (χ0) is 20.1. The van der Waals surface area contributed by atoms with Gasteiger partial charge in [0.1, 0.15) is 11.9 Å². The van der Waals surface area contributed by atoms with Gasteiger partial charge in [0.2, 0.25) is 0 Å². The van der Waals surface area contributed by atoms with Crippen LogP contribution in [0.2, 0.25) is 0 Å². The highest BCUT2D eigenvalue weighted by Gasteiger charge is 2.33. The molecular formula is C19H19BrFN3O3S. The lowest BCUT2D eigenvalue weighted by molar-refractivity contribution is -0.139. The number of rotatable bonds is 7. The summed E-state index contributed by atoms with van der Waals surface area (Å²) in [6.45, 7) is 4.51. The molecule has 1 aromatic heterocycles. The fourth-order valence-corrected chi connectivity index (χ4v) is 3.92. The van der Waals surface area contributed by atoms with Crippen molar-refractivity contribution in [1.29, 1.82) is 0 Å². The van der Waals surface area contributed by atoms with Gasteiger partial charge in [-0.1, -0.05) is 22.0 Å². The molecule has 3 rings (SSSR count). The number of halogens is 2. The lowest BCUT2D eigenvalue weighted by Gasteiger charge is -2.27. The van der Waals surface area contributed by atoms with Crippen molar-refractivity contribution in [3.05, 3.63) is 61.9 Å². The predicted molar refractivity (Wildman–Crippen MR) is 109 cm³/mol. The van der Waals surface area contributed by atoms with Crippen molar-refractivity contribution in [2.45, 2.75) is 19.9 Å². The number of hydrogen-bond acceptors (Lipinski definition) is 7. The summed E-state index contributed by atoms with van der Waals surface area (Å²) in [7, 11) is 0. The van der Waals surface area contributed by atoms with E-state index in [4.69, 9.17) is 14.5 Å². The number of thiazole rings is 1. The Hall–Kier alpha value is -2.10. The van der Waals surface area contributed by atoms with Crippen LogP contribution in [-0.4, -0.2) is 36.6 Å². The number of aliphatic imine (C=N–C) groups is 1. The maximum absolute atomic E-state index is 13.6. The Morgan fingerprint density at radius 1 is 1.36 bits per heavy atom. The van der Waals surface area contributed by atoms with Crippen LogP contribution >= 0.6 is 27.3 Å². The molecule has 2 heterocycles. The molecule has 0 saturated carbocycles. The molecule has 1 N–H and O–H groups in total. The fourth-order valence-electron chi connectivity index (χ4n) is 2.76. The Bertz CT molecular complexity index is 915. The minimum atomic E-state index is -0.690. The number of nitrogens with one attached hydrogen (secondary N) is 1. The van der Waals surface area contributed by atoms with Gasteiger partial charge in [-0.3, -0.25) is 4.99 Å². The topological polar surface area (TPSA) is 72.8 Å². The van der Waals surface area contributed by atoms with Gasteiger partial charge in [0.15, 0.2) is 10.8 Å². The van der Waals surface area contributed by atoms with Gasteiger partial charge in [-0.15, -0.1) is 11.3 Å². The van der Waals surface area contributed by atoms with E-state index >= 15 is 0 Å². The lowest BCUT2D eigenvalue weighted by atomic mass is 9.95. The summed E-state index contributed by atoms with van der Waals surface area (Å²) in [5, 5.41) is 5.70. The van der Waals surface area contributed by atoms with E-state index < -0.39 is 12.0 Å². The molecule has 1 aliphatic heterocycles. The first-order valence-electron chi connectivity index (χ1n) is 8.72. The van der Waals surface area contributed by atoms with Crippen molar-refractivity contribution in [2.75, 3.05) is 19.8 Å². The van der Waals surface area contributed by atoms with Crippen LogP contribution in [0.3, 0.4) is 0 Å². The van der Waals surface area contributed by atoms with Crippen molar-refractivity contribution in [3.63, 3.8) is 0 Å². The Kier molecular flexibility index (Phi) is 6.93. The molecule has 1 atom stereocenters. The first kappa shape index (κ1) is 20.6. The van der Waals surface area contributed by atoms with E-state index in [1.807, 2.05) is 12.3 Å². The van der Waals surface area contributed by atoms with Gasteiger partial charge in [0.05, 0.1) is 24.5 Å². The quantitative estimate of drug-likeness (QED) is 0.623. The molecule has 0 aliphatic carbocycles. The highest BCUT2D eigenvalue weighted by atomic mass is 79.9. The van der Waals surface area contributed by atoms with Crippen molar-refractivity contribution < 1.29 is 18.7 Å². The Balaban J connectivity index is 2.14. The van der Waals surface area contributed by atoms with Crippen LogP contribution in [0, 0.1) is 5.82 Å². The van der Waals surface area contributed by atoms with Crippen LogP contribution < -0.4 is 5.32 Å². The lowest BCUT2D eigenvalue weighted by Crippen LogP contribution is -2.35. The second kappa shape index (κ2) is 9.40. The Morgan fingerprint density at radius 3 is 2.82 bits per heavy atom. The molecule has 2 aromatic rings. The molecule has 0 fully saturated rings. The Morgan fingerprint density at radius 2 is 2.18 bits per heavy atom. The molecule has 0 amide bonds. The number of amidine groups is 1. The van der Waals surface area contributed by atoms with Crippen LogP contribution in [0.15, 0.2) is 50.5 Å². The summed E-state index contributed by atoms with van der Waals surface area (Å²) in [5.41, 5.74) is 1.54. The number of carbonyl (C=O) groups excluding carboxylic acids is 1. The van der Waals surface area contributed by atoms with Crippen LogP contribution in [-0.2, 0) is 14.3 Å². The molecule has 9 heteroatoms. The smallest absolute Gasteiger partial charge is 0.338 e. The maximum Gasteiger partial charge on any atom is 0.338 e. The molecule has 1 unspecified atom stereocenters. The summed E-state index contributed by atoms with van der Waals surface area (Å²) in [6.07, 6.45) is 1.68. The molecule has 1 aliphatic rings. The summed E-state index contributed by atoms with van der Waals surface area (Å²) in [4.78, 5) is 21.8. The average molecular weight is 468 g/mol. The molecule has 0 radical (unpaired) electrons. The van der Waals surface area contributed by atoms with E-state index in [1.54, 1.807) is 19.2 Å². The van der Waals surface area contributed by atoms with Gasteiger partial charge in [0, 0.05) is 22.7 Å². The molecule has 6 nitrogen and oxygen atoms in total. The van der Waals surface area contributed by atoms with E-state index in [0.717, 1.165) is 0 Å². The number of ether oxygens (including phenoxy) is 2. The van der Waals surface area contributed by atoms with E-state index in [9.17, 15) is 9.18 Å².